The molecule has 2 aliphatic heterocycles. The average Bonchev–Trinajstić information content (AvgIpc) is 3.02. The highest BCUT2D eigenvalue weighted by molar-refractivity contribution is 7.89. The Morgan fingerprint density at radius 3 is 2.57 bits per heavy atom. The Kier molecular flexibility index (Phi) is 5.53. The molecule has 0 atom stereocenters. The van der Waals surface area contributed by atoms with Crippen molar-refractivity contribution in [1.29, 1.82) is 0 Å². The molecule has 1 saturated heterocycles. The van der Waals surface area contributed by atoms with E-state index in [0.717, 1.165) is 11.4 Å². The largest absolute Gasteiger partial charge is 0.339 e. The van der Waals surface area contributed by atoms with Crippen LogP contribution in [0.25, 0.3) is 0 Å². The lowest BCUT2D eigenvalue weighted by Gasteiger charge is -2.33. The average molecular weight is 378 g/mol. The number of sulfonamides is 1. The first kappa shape index (κ1) is 18.0. The molecule has 23 heavy (non-hydrogen) atoms. The molecule has 2 heterocycles. The van der Waals surface area contributed by atoms with E-state index >= 15 is 0 Å². The summed E-state index contributed by atoms with van der Waals surface area (Å²) in [6, 6.07) is 4.93. The van der Waals surface area contributed by atoms with E-state index in [4.69, 9.17) is 5.73 Å². The molecule has 2 aliphatic rings. The number of carbonyl (C=O) groups excluding carboxylic acids is 1. The summed E-state index contributed by atoms with van der Waals surface area (Å²) in [6.07, 6.45) is 0. The highest BCUT2D eigenvalue weighted by Crippen LogP contribution is 2.38. The van der Waals surface area contributed by atoms with Gasteiger partial charge in [-0.1, -0.05) is 6.07 Å². The number of hydrogen-bond acceptors (Lipinski definition) is 6. The van der Waals surface area contributed by atoms with Crippen LogP contribution in [-0.4, -0.2) is 56.3 Å². The van der Waals surface area contributed by atoms with Crippen molar-refractivity contribution in [3.63, 3.8) is 0 Å². The molecule has 11 heteroatoms. The Bertz CT molecular complexity index is 784. The van der Waals surface area contributed by atoms with E-state index in [-0.39, 0.29) is 42.8 Å². The Morgan fingerprint density at radius 1 is 1.22 bits per heavy atom. The SMILES string of the molecule is Cl.NCC(=O)N1CCN(S(=O)(=O)c2cccc3c2N=S=N3)CC1. The van der Waals surface area contributed by atoms with E-state index in [1.54, 1.807) is 17.0 Å². The van der Waals surface area contributed by atoms with Crippen molar-refractivity contribution in [2.24, 2.45) is 14.5 Å². The number of hydrogen-bond donors (Lipinski definition) is 1. The standard InChI is InChI=1S/C12H15N5O3S2.ClH/c13-8-11(18)16-4-6-17(7-5-16)22(19,20)10-3-1-2-9-12(10)15-21-14-9;/h1-3H,4-8,13H2;1H. The van der Waals surface area contributed by atoms with Gasteiger partial charge in [0.05, 0.1) is 17.9 Å². The van der Waals surface area contributed by atoms with Gasteiger partial charge in [-0.15, -0.1) is 12.4 Å². The first-order valence-electron chi connectivity index (χ1n) is 6.73. The number of rotatable bonds is 3. The second kappa shape index (κ2) is 7.05. The Hall–Kier alpha value is -1.33. The maximum atomic E-state index is 12.8. The zero-order valence-corrected chi connectivity index (χ0v) is 14.5. The molecule has 1 amide bonds. The minimum atomic E-state index is -3.65. The summed E-state index contributed by atoms with van der Waals surface area (Å²) >= 11 is 0.987. The van der Waals surface area contributed by atoms with Gasteiger partial charge < -0.3 is 10.6 Å². The molecule has 1 aromatic carbocycles. The molecule has 0 aliphatic carbocycles. The van der Waals surface area contributed by atoms with Crippen molar-refractivity contribution in [1.82, 2.24) is 9.21 Å². The molecule has 8 nitrogen and oxygen atoms in total. The van der Waals surface area contributed by atoms with E-state index in [2.05, 4.69) is 8.73 Å². The molecule has 1 fully saturated rings. The van der Waals surface area contributed by atoms with E-state index in [9.17, 15) is 13.2 Å². The van der Waals surface area contributed by atoms with Crippen molar-refractivity contribution >= 4 is 51.1 Å². The van der Waals surface area contributed by atoms with E-state index < -0.39 is 10.0 Å². The Labute approximate surface area is 144 Å². The fraction of sp³-hybridized carbons (Fsp3) is 0.417. The molecule has 0 radical (unpaired) electrons. The Morgan fingerprint density at radius 2 is 1.91 bits per heavy atom. The molecule has 3 rings (SSSR count). The minimum Gasteiger partial charge on any atom is -0.339 e. The van der Waals surface area contributed by atoms with Crippen LogP contribution in [0.5, 0.6) is 0 Å². The number of fused-ring (bicyclic) bond motifs is 1. The second-order valence-corrected chi connectivity index (χ2v) is 7.31. The van der Waals surface area contributed by atoms with Crippen molar-refractivity contribution < 1.29 is 13.2 Å². The normalized spacial score (nSPS) is 17.3. The maximum absolute atomic E-state index is 12.8. The summed E-state index contributed by atoms with van der Waals surface area (Å²) in [7, 11) is -3.65. The van der Waals surface area contributed by atoms with Gasteiger partial charge in [-0.3, -0.25) is 4.79 Å². The summed E-state index contributed by atoms with van der Waals surface area (Å²) in [5.41, 5.74) is 6.30. The predicted octanol–water partition coefficient (Wildman–Crippen LogP) is 0.626. The molecular formula is C12H16ClN5O3S2. The summed E-state index contributed by atoms with van der Waals surface area (Å²) in [5.74, 6) is -0.164. The summed E-state index contributed by atoms with van der Waals surface area (Å²) in [4.78, 5) is 13.3. The molecule has 126 valence electrons. The Balaban J connectivity index is 0.00000192. The fourth-order valence-corrected chi connectivity index (χ4v) is 4.61. The van der Waals surface area contributed by atoms with Gasteiger partial charge >= 0.3 is 0 Å². The molecule has 2 N–H and O–H groups in total. The smallest absolute Gasteiger partial charge is 0.245 e. The molecule has 0 bridgehead atoms. The first-order chi connectivity index (χ1) is 10.5. The monoisotopic (exact) mass is 377 g/mol. The second-order valence-electron chi connectivity index (χ2n) is 4.88. The van der Waals surface area contributed by atoms with Gasteiger partial charge in [0, 0.05) is 26.2 Å². The third-order valence-corrected chi connectivity index (χ3v) is 6.11. The molecule has 0 spiro atoms. The van der Waals surface area contributed by atoms with Gasteiger partial charge in [0.15, 0.2) is 0 Å². The van der Waals surface area contributed by atoms with Crippen LogP contribution in [0.3, 0.4) is 0 Å². The first-order valence-corrected chi connectivity index (χ1v) is 8.90. The van der Waals surface area contributed by atoms with Gasteiger partial charge in [-0.2, -0.15) is 13.0 Å². The summed E-state index contributed by atoms with van der Waals surface area (Å²) < 4.78 is 35.1. The van der Waals surface area contributed by atoms with Crippen LogP contribution in [0.4, 0.5) is 11.4 Å². The molecule has 0 saturated carbocycles. The number of amides is 1. The van der Waals surface area contributed by atoms with Crippen LogP contribution < -0.4 is 5.73 Å². The van der Waals surface area contributed by atoms with Crippen molar-refractivity contribution in [3.8, 4) is 0 Å². The maximum Gasteiger partial charge on any atom is 0.245 e. The van der Waals surface area contributed by atoms with E-state index in [0.29, 0.717) is 24.5 Å². The highest BCUT2D eigenvalue weighted by Gasteiger charge is 2.32. The summed E-state index contributed by atoms with van der Waals surface area (Å²) in [6.45, 7) is 1.14. The van der Waals surface area contributed by atoms with Crippen LogP contribution in [0.2, 0.25) is 0 Å². The zero-order valence-electron chi connectivity index (χ0n) is 12.1. The number of nitrogens with two attached hydrogens (primary N) is 1. The lowest BCUT2D eigenvalue weighted by Crippen LogP contribution is -2.51. The number of halogens is 1. The quantitative estimate of drug-likeness (QED) is 0.845. The lowest BCUT2D eigenvalue weighted by molar-refractivity contribution is -0.130. The van der Waals surface area contributed by atoms with E-state index in [1.807, 2.05) is 0 Å². The lowest BCUT2D eigenvalue weighted by atomic mass is 10.3. The van der Waals surface area contributed by atoms with Gasteiger partial charge in [0.25, 0.3) is 0 Å². The van der Waals surface area contributed by atoms with E-state index in [1.165, 1.54) is 10.4 Å². The fourth-order valence-electron chi connectivity index (χ4n) is 2.44. The van der Waals surface area contributed by atoms with Crippen LogP contribution in [0.15, 0.2) is 31.8 Å². The molecular weight excluding hydrogens is 362 g/mol. The number of benzene rings is 1. The number of carbonyl (C=O) groups is 1. The molecule has 0 unspecified atom stereocenters. The van der Waals surface area contributed by atoms with Crippen LogP contribution in [0.1, 0.15) is 0 Å². The number of nitrogens with zero attached hydrogens (tertiary/aromatic N) is 4. The van der Waals surface area contributed by atoms with Crippen molar-refractivity contribution in [3.05, 3.63) is 18.2 Å². The summed E-state index contributed by atoms with van der Waals surface area (Å²) in [5, 5.41) is 0. The van der Waals surface area contributed by atoms with Crippen LogP contribution in [-0.2, 0) is 26.2 Å². The van der Waals surface area contributed by atoms with Crippen LogP contribution in [0, 0.1) is 0 Å². The number of piperazine rings is 1. The van der Waals surface area contributed by atoms with Gasteiger partial charge in [0.2, 0.25) is 15.9 Å². The molecule has 0 aromatic heterocycles. The van der Waals surface area contributed by atoms with Gasteiger partial charge in [-0.05, 0) is 12.1 Å². The third-order valence-electron chi connectivity index (χ3n) is 3.63. The minimum absolute atomic E-state index is 0. The van der Waals surface area contributed by atoms with Crippen molar-refractivity contribution in [2.45, 2.75) is 4.90 Å². The topological polar surface area (TPSA) is 108 Å². The van der Waals surface area contributed by atoms with Crippen LogP contribution >= 0.6 is 12.4 Å². The highest BCUT2D eigenvalue weighted by atomic mass is 35.5. The van der Waals surface area contributed by atoms with Gasteiger partial charge in [0.1, 0.15) is 16.3 Å². The zero-order chi connectivity index (χ0) is 15.7. The van der Waals surface area contributed by atoms with Crippen molar-refractivity contribution in [2.75, 3.05) is 32.7 Å². The predicted molar refractivity (Wildman–Crippen MR) is 89.6 cm³/mol. The molecule has 1 aromatic rings. The van der Waals surface area contributed by atoms with Gasteiger partial charge in [-0.25, -0.2) is 8.42 Å². The third kappa shape index (κ3) is 3.31.